The number of hydrogen-bond donors (Lipinski definition) is 1. The molecule has 1 N–H and O–H groups in total. The molecule has 0 bridgehead atoms. The third-order valence-corrected chi connectivity index (χ3v) is 2.95. The first kappa shape index (κ1) is 13.5. The van der Waals surface area contributed by atoms with Crippen molar-refractivity contribution in [2.75, 3.05) is 11.9 Å². The highest BCUT2D eigenvalue weighted by Gasteiger charge is 2.15. The maximum absolute atomic E-state index is 5.19. The lowest BCUT2D eigenvalue weighted by molar-refractivity contribution is 0.393. The predicted octanol–water partition coefficient (Wildman–Crippen LogP) is 3.13. The minimum absolute atomic E-state index is 0.689. The number of nitrogens with one attached hydrogen (secondary N) is 1. The Hall–Kier alpha value is -1.91. The van der Waals surface area contributed by atoms with Crippen LogP contribution in [0.1, 0.15) is 37.4 Å². The SMILES string of the molecule is CCCNc1cc(CC)nc(-c2c(C)noc2C)n1. The molecule has 0 amide bonds. The second kappa shape index (κ2) is 5.82. The maximum atomic E-state index is 5.19. The van der Waals surface area contributed by atoms with Gasteiger partial charge in [0.05, 0.1) is 11.3 Å². The fourth-order valence-corrected chi connectivity index (χ4v) is 1.94. The van der Waals surface area contributed by atoms with Crippen molar-refractivity contribution in [1.82, 2.24) is 15.1 Å². The van der Waals surface area contributed by atoms with Gasteiger partial charge in [-0.15, -0.1) is 0 Å². The molecule has 0 aliphatic heterocycles. The molecule has 102 valence electrons. The summed E-state index contributed by atoms with van der Waals surface area (Å²) in [5.74, 6) is 2.31. The van der Waals surface area contributed by atoms with Crippen LogP contribution in [0.25, 0.3) is 11.4 Å². The van der Waals surface area contributed by atoms with Gasteiger partial charge in [-0.05, 0) is 26.7 Å². The molecule has 2 aromatic heterocycles. The summed E-state index contributed by atoms with van der Waals surface area (Å²) < 4.78 is 5.19. The Morgan fingerprint density at radius 2 is 2.00 bits per heavy atom. The number of nitrogens with zero attached hydrogens (tertiary/aromatic N) is 3. The molecule has 2 aromatic rings. The molecule has 0 aliphatic rings. The van der Waals surface area contributed by atoms with Gasteiger partial charge in [0.25, 0.3) is 0 Å². The summed E-state index contributed by atoms with van der Waals surface area (Å²) in [5, 5.41) is 7.27. The topological polar surface area (TPSA) is 63.8 Å². The minimum atomic E-state index is 0.689. The van der Waals surface area contributed by atoms with Gasteiger partial charge in [0.1, 0.15) is 11.6 Å². The highest BCUT2D eigenvalue weighted by atomic mass is 16.5. The normalized spacial score (nSPS) is 10.7. The average molecular weight is 260 g/mol. The Morgan fingerprint density at radius 3 is 2.58 bits per heavy atom. The van der Waals surface area contributed by atoms with Crippen LogP contribution in [0.15, 0.2) is 10.6 Å². The van der Waals surface area contributed by atoms with E-state index in [1.165, 1.54) is 0 Å². The van der Waals surface area contributed by atoms with Crippen molar-refractivity contribution < 1.29 is 4.52 Å². The van der Waals surface area contributed by atoms with Crippen LogP contribution in [0, 0.1) is 13.8 Å². The largest absolute Gasteiger partial charge is 0.370 e. The van der Waals surface area contributed by atoms with Crippen molar-refractivity contribution in [2.24, 2.45) is 0 Å². The van der Waals surface area contributed by atoms with Crippen molar-refractivity contribution in [1.29, 1.82) is 0 Å². The Morgan fingerprint density at radius 1 is 1.21 bits per heavy atom. The van der Waals surface area contributed by atoms with Gasteiger partial charge in [-0.1, -0.05) is 19.0 Å². The van der Waals surface area contributed by atoms with Gasteiger partial charge in [-0.3, -0.25) is 0 Å². The molecule has 0 radical (unpaired) electrons. The van der Waals surface area contributed by atoms with E-state index in [1.807, 2.05) is 19.9 Å². The highest BCUT2D eigenvalue weighted by Crippen LogP contribution is 2.25. The van der Waals surface area contributed by atoms with Crippen LogP contribution in [-0.2, 0) is 6.42 Å². The Balaban J connectivity index is 2.45. The van der Waals surface area contributed by atoms with E-state index in [1.54, 1.807) is 0 Å². The molecule has 0 aliphatic carbocycles. The van der Waals surface area contributed by atoms with E-state index in [0.717, 1.165) is 47.9 Å². The average Bonchev–Trinajstić information content (AvgIpc) is 2.75. The van der Waals surface area contributed by atoms with Crippen molar-refractivity contribution >= 4 is 5.82 Å². The summed E-state index contributed by atoms with van der Waals surface area (Å²) >= 11 is 0. The van der Waals surface area contributed by atoms with Crippen LogP contribution >= 0.6 is 0 Å². The number of aryl methyl sites for hydroxylation is 3. The zero-order chi connectivity index (χ0) is 13.8. The van der Waals surface area contributed by atoms with E-state index < -0.39 is 0 Å². The van der Waals surface area contributed by atoms with Crippen LogP contribution in [0.3, 0.4) is 0 Å². The summed E-state index contributed by atoms with van der Waals surface area (Å²) in [6, 6.07) is 2.00. The van der Waals surface area contributed by atoms with Crippen molar-refractivity contribution in [3.8, 4) is 11.4 Å². The van der Waals surface area contributed by atoms with E-state index >= 15 is 0 Å². The molecular weight excluding hydrogens is 240 g/mol. The van der Waals surface area contributed by atoms with Crippen molar-refractivity contribution in [3.63, 3.8) is 0 Å². The zero-order valence-corrected chi connectivity index (χ0v) is 11.9. The molecule has 0 atom stereocenters. The first-order valence-electron chi connectivity index (χ1n) is 6.70. The van der Waals surface area contributed by atoms with E-state index in [2.05, 4.69) is 34.3 Å². The van der Waals surface area contributed by atoms with Crippen LogP contribution in [0.5, 0.6) is 0 Å². The van der Waals surface area contributed by atoms with E-state index in [0.29, 0.717) is 5.82 Å². The van der Waals surface area contributed by atoms with E-state index in [9.17, 15) is 0 Å². The van der Waals surface area contributed by atoms with Crippen molar-refractivity contribution in [2.45, 2.75) is 40.5 Å². The Kier molecular flexibility index (Phi) is 4.14. The standard InChI is InChI=1S/C14H20N4O/c1-5-7-15-12-8-11(6-2)16-14(17-12)13-9(3)18-19-10(13)4/h8H,5-7H2,1-4H3,(H,15,16,17). The van der Waals surface area contributed by atoms with Gasteiger partial charge in [-0.2, -0.15) is 0 Å². The Bertz CT molecular complexity index is 543. The minimum Gasteiger partial charge on any atom is -0.370 e. The lowest BCUT2D eigenvalue weighted by Gasteiger charge is -2.08. The summed E-state index contributed by atoms with van der Waals surface area (Å²) in [5.41, 5.74) is 2.74. The lowest BCUT2D eigenvalue weighted by atomic mass is 10.2. The van der Waals surface area contributed by atoms with Crippen LogP contribution in [0.4, 0.5) is 5.82 Å². The summed E-state index contributed by atoms with van der Waals surface area (Å²) in [7, 11) is 0. The molecule has 2 heterocycles. The number of anilines is 1. The molecule has 0 saturated carbocycles. The molecule has 0 spiro atoms. The van der Waals surface area contributed by atoms with Crippen molar-refractivity contribution in [3.05, 3.63) is 23.2 Å². The highest BCUT2D eigenvalue weighted by molar-refractivity contribution is 5.62. The first-order chi connectivity index (χ1) is 9.15. The van der Waals surface area contributed by atoms with E-state index in [4.69, 9.17) is 4.52 Å². The quantitative estimate of drug-likeness (QED) is 0.894. The fraction of sp³-hybridized carbons (Fsp3) is 0.500. The van der Waals surface area contributed by atoms with Crippen LogP contribution < -0.4 is 5.32 Å². The fourth-order valence-electron chi connectivity index (χ4n) is 1.94. The third kappa shape index (κ3) is 2.92. The zero-order valence-electron chi connectivity index (χ0n) is 11.9. The molecule has 0 saturated heterocycles. The molecule has 2 rings (SSSR count). The maximum Gasteiger partial charge on any atom is 0.167 e. The molecular formula is C14H20N4O. The van der Waals surface area contributed by atoms with Gasteiger partial charge in [0, 0.05) is 18.3 Å². The Labute approximate surface area is 113 Å². The predicted molar refractivity (Wildman–Crippen MR) is 75.2 cm³/mol. The molecule has 19 heavy (non-hydrogen) atoms. The van der Waals surface area contributed by atoms with Crippen LogP contribution in [-0.4, -0.2) is 21.7 Å². The van der Waals surface area contributed by atoms with Gasteiger partial charge in [-0.25, -0.2) is 9.97 Å². The lowest BCUT2D eigenvalue weighted by Crippen LogP contribution is -2.05. The molecule has 0 unspecified atom stereocenters. The first-order valence-corrected chi connectivity index (χ1v) is 6.70. The van der Waals surface area contributed by atoms with Gasteiger partial charge in [0.2, 0.25) is 0 Å². The number of rotatable bonds is 5. The van der Waals surface area contributed by atoms with Gasteiger partial charge in [0.15, 0.2) is 5.82 Å². The van der Waals surface area contributed by atoms with E-state index in [-0.39, 0.29) is 0 Å². The summed E-state index contributed by atoms with van der Waals surface area (Å²) in [6.07, 6.45) is 1.94. The second-order valence-corrected chi connectivity index (χ2v) is 4.55. The monoisotopic (exact) mass is 260 g/mol. The molecule has 0 fully saturated rings. The van der Waals surface area contributed by atoms with Gasteiger partial charge < -0.3 is 9.84 Å². The molecule has 5 nitrogen and oxygen atoms in total. The smallest absolute Gasteiger partial charge is 0.167 e. The number of aromatic nitrogens is 3. The third-order valence-electron chi connectivity index (χ3n) is 2.95. The summed E-state index contributed by atoms with van der Waals surface area (Å²) in [6.45, 7) is 8.91. The number of hydrogen-bond acceptors (Lipinski definition) is 5. The van der Waals surface area contributed by atoms with Gasteiger partial charge >= 0.3 is 0 Å². The molecule has 5 heteroatoms. The summed E-state index contributed by atoms with van der Waals surface area (Å²) in [4.78, 5) is 9.13. The second-order valence-electron chi connectivity index (χ2n) is 4.55. The van der Waals surface area contributed by atoms with Crippen LogP contribution in [0.2, 0.25) is 0 Å². The molecule has 0 aromatic carbocycles.